The number of oxime groups is 1. The minimum atomic E-state index is -0.400. The number of hydrogen-bond acceptors (Lipinski definition) is 3. The number of hydrogen-bond donors (Lipinski definition) is 2. The Balaban J connectivity index is 2.65. The van der Waals surface area contributed by atoms with Crippen LogP contribution in [0.25, 0.3) is 0 Å². The average molecular weight is 274 g/mol. The number of amidine groups is 1. The number of rotatable bonds is 5. The lowest BCUT2D eigenvalue weighted by atomic mass is 10.1. The van der Waals surface area contributed by atoms with Gasteiger partial charge in [0.15, 0.2) is 0 Å². The largest absolute Gasteiger partial charge is 0.409 e. The maximum absolute atomic E-state index is 13.7. The Kier molecular flexibility index (Phi) is 5.37. The molecule has 0 aliphatic carbocycles. The lowest BCUT2D eigenvalue weighted by Gasteiger charge is -2.20. The van der Waals surface area contributed by atoms with Crippen molar-refractivity contribution in [3.05, 3.63) is 34.6 Å². The third-order valence-corrected chi connectivity index (χ3v) is 2.97. The molecule has 1 aromatic carbocycles. The van der Waals surface area contributed by atoms with Crippen molar-refractivity contribution >= 4 is 17.4 Å². The highest BCUT2D eigenvalue weighted by Gasteiger charge is 2.13. The molecule has 0 heterocycles. The fraction of sp³-hybridized carbons (Fsp3) is 0.417. The molecule has 0 radical (unpaired) electrons. The maximum atomic E-state index is 13.7. The van der Waals surface area contributed by atoms with Gasteiger partial charge < -0.3 is 15.8 Å². The monoisotopic (exact) mass is 273 g/mol. The predicted octanol–water partition coefficient (Wildman–Crippen LogP) is 2.29. The molecule has 0 fully saturated rings. The van der Waals surface area contributed by atoms with Gasteiger partial charge in [0.25, 0.3) is 0 Å². The van der Waals surface area contributed by atoms with Gasteiger partial charge in [-0.25, -0.2) is 4.39 Å². The number of nitrogens with zero attached hydrogens (tertiary/aromatic N) is 2. The van der Waals surface area contributed by atoms with Crippen molar-refractivity contribution in [1.82, 2.24) is 4.90 Å². The third kappa shape index (κ3) is 3.85. The van der Waals surface area contributed by atoms with Gasteiger partial charge in [0.05, 0.1) is 5.02 Å². The highest BCUT2D eigenvalue weighted by atomic mass is 35.5. The predicted molar refractivity (Wildman–Crippen MR) is 70.3 cm³/mol. The molecule has 1 unspecified atom stereocenters. The molecular formula is C12H17ClFN3O. The summed E-state index contributed by atoms with van der Waals surface area (Å²) in [5, 5.41) is 11.6. The molecule has 0 saturated carbocycles. The Labute approximate surface area is 111 Å². The molecule has 0 bridgehead atoms. The quantitative estimate of drug-likeness (QED) is 0.374. The van der Waals surface area contributed by atoms with Crippen LogP contribution in [0.15, 0.2) is 23.4 Å². The fourth-order valence-electron chi connectivity index (χ4n) is 1.69. The Hall–Kier alpha value is -1.33. The molecule has 18 heavy (non-hydrogen) atoms. The van der Waals surface area contributed by atoms with E-state index < -0.39 is 5.82 Å². The Morgan fingerprint density at radius 3 is 2.89 bits per heavy atom. The normalized spacial score (nSPS) is 13.9. The van der Waals surface area contributed by atoms with Crippen LogP contribution in [0, 0.1) is 11.7 Å². The highest BCUT2D eigenvalue weighted by molar-refractivity contribution is 6.30. The second-order valence-electron chi connectivity index (χ2n) is 4.34. The van der Waals surface area contributed by atoms with Gasteiger partial charge >= 0.3 is 0 Å². The smallest absolute Gasteiger partial charge is 0.146 e. The van der Waals surface area contributed by atoms with Gasteiger partial charge in [-0.2, -0.15) is 0 Å². The maximum Gasteiger partial charge on any atom is 0.146 e. The lowest BCUT2D eigenvalue weighted by molar-refractivity contribution is 0.288. The van der Waals surface area contributed by atoms with Crippen molar-refractivity contribution in [2.24, 2.45) is 16.8 Å². The summed E-state index contributed by atoms with van der Waals surface area (Å²) in [5.74, 6) is -0.349. The van der Waals surface area contributed by atoms with Crippen LogP contribution in [0.4, 0.5) is 4.39 Å². The van der Waals surface area contributed by atoms with Crippen molar-refractivity contribution in [2.75, 3.05) is 13.6 Å². The van der Waals surface area contributed by atoms with Crippen LogP contribution in [0.3, 0.4) is 0 Å². The summed E-state index contributed by atoms with van der Waals surface area (Å²) in [4.78, 5) is 1.89. The molecule has 1 aromatic rings. The van der Waals surface area contributed by atoms with Gasteiger partial charge in [-0.05, 0) is 13.1 Å². The number of nitrogens with two attached hydrogens (primary N) is 1. The molecule has 0 aliphatic heterocycles. The van der Waals surface area contributed by atoms with Crippen molar-refractivity contribution in [2.45, 2.75) is 13.5 Å². The number of halogens is 2. The lowest BCUT2D eigenvalue weighted by Crippen LogP contribution is -2.32. The fourth-order valence-corrected chi connectivity index (χ4v) is 1.88. The zero-order chi connectivity index (χ0) is 13.7. The van der Waals surface area contributed by atoms with E-state index in [1.165, 1.54) is 6.07 Å². The van der Waals surface area contributed by atoms with Gasteiger partial charge in [0.1, 0.15) is 11.7 Å². The third-order valence-electron chi connectivity index (χ3n) is 2.68. The van der Waals surface area contributed by atoms with E-state index in [2.05, 4.69) is 5.16 Å². The molecule has 0 amide bonds. The summed E-state index contributed by atoms with van der Waals surface area (Å²) in [6.45, 7) is 2.80. The molecule has 100 valence electrons. The second-order valence-corrected chi connectivity index (χ2v) is 4.74. The van der Waals surface area contributed by atoms with Crippen LogP contribution in [0.1, 0.15) is 12.5 Å². The molecule has 3 N–H and O–H groups in total. The van der Waals surface area contributed by atoms with E-state index in [1.54, 1.807) is 12.1 Å². The van der Waals surface area contributed by atoms with Crippen LogP contribution in [-0.4, -0.2) is 29.5 Å². The first kappa shape index (κ1) is 14.7. The van der Waals surface area contributed by atoms with Gasteiger partial charge in [-0.1, -0.05) is 35.8 Å². The van der Waals surface area contributed by atoms with Crippen LogP contribution < -0.4 is 5.73 Å². The zero-order valence-corrected chi connectivity index (χ0v) is 11.2. The van der Waals surface area contributed by atoms with E-state index in [0.29, 0.717) is 18.7 Å². The van der Waals surface area contributed by atoms with E-state index in [-0.39, 0.29) is 16.8 Å². The van der Waals surface area contributed by atoms with Gasteiger partial charge in [0, 0.05) is 24.6 Å². The highest BCUT2D eigenvalue weighted by Crippen LogP contribution is 2.19. The molecule has 6 heteroatoms. The number of benzene rings is 1. The van der Waals surface area contributed by atoms with E-state index in [9.17, 15) is 4.39 Å². The Morgan fingerprint density at radius 1 is 1.61 bits per heavy atom. The van der Waals surface area contributed by atoms with Crippen molar-refractivity contribution < 1.29 is 9.60 Å². The summed E-state index contributed by atoms with van der Waals surface area (Å²) in [5.41, 5.74) is 6.02. The molecule has 0 aromatic heterocycles. The first-order valence-electron chi connectivity index (χ1n) is 5.54. The SMILES string of the molecule is CC(CN(C)Cc1cccc(Cl)c1F)/C(N)=N/O. The molecule has 0 spiro atoms. The Bertz CT molecular complexity index is 439. The van der Waals surface area contributed by atoms with Crippen molar-refractivity contribution in [3.8, 4) is 0 Å². The summed E-state index contributed by atoms with van der Waals surface area (Å²) < 4.78 is 13.7. The summed E-state index contributed by atoms with van der Waals surface area (Å²) in [6.07, 6.45) is 0. The van der Waals surface area contributed by atoms with E-state index in [4.69, 9.17) is 22.5 Å². The summed E-state index contributed by atoms with van der Waals surface area (Å²) in [6, 6.07) is 4.91. The average Bonchev–Trinajstić information content (AvgIpc) is 2.33. The van der Waals surface area contributed by atoms with Crippen molar-refractivity contribution in [1.29, 1.82) is 0 Å². The van der Waals surface area contributed by atoms with E-state index in [1.807, 2.05) is 18.9 Å². The molecule has 0 aliphatic rings. The second kappa shape index (κ2) is 6.56. The van der Waals surface area contributed by atoms with Gasteiger partial charge in [0.2, 0.25) is 0 Å². The van der Waals surface area contributed by atoms with Crippen LogP contribution in [-0.2, 0) is 6.54 Å². The molecule has 1 atom stereocenters. The molecule has 4 nitrogen and oxygen atoms in total. The van der Waals surface area contributed by atoms with E-state index in [0.717, 1.165) is 0 Å². The van der Waals surface area contributed by atoms with Gasteiger partial charge in [-0.3, -0.25) is 0 Å². The van der Waals surface area contributed by atoms with Crippen LogP contribution in [0.2, 0.25) is 5.02 Å². The van der Waals surface area contributed by atoms with Crippen molar-refractivity contribution in [3.63, 3.8) is 0 Å². The van der Waals surface area contributed by atoms with Crippen LogP contribution in [0.5, 0.6) is 0 Å². The summed E-state index contributed by atoms with van der Waals surface area (Å²) in [7, 11) is 1.83. The topological polar surface area (TPSA) is 61.8 Å². The minimum absolute atomic E-state index is 0.109. The van der Waals surface area contributed by atoms with Crippen LogP contribution >= 0.6 is 11.6 Å². The van der Waals surface area contributed by atoms with E-state index >= 15 is 0 Å². The van der Waals surface area contributed by atoms with Gasteiger partial charge in [-0.15, -0.1) is 0 Å². The minimum Gasteiger partial charge on any atom is -0.409 e. The molecule has 0 saturated heterocycles. The molecule has 1 rings (SSSR count). The summed E-state index contributed by atoms with van der Waals surface area (Å²) >= 11 is 5.71. The first-order chi connectivity index (χ1) is 8.45. The Morgan fingerprint density at radius 2 is 2.28 bits per heavy atom. The first-order valence-corrected chi connectivity index (χ1v) is 5.92. The molecular weight excluding hydrogens is 257 g/mol. The zero-order valence-electron chi connectivity index (χ0n) is 10.4. The standard InChI is InChI=1S/C12H17ClFN3O/c1-8(12(15)16-18)6-17(2)7-9-4-3-5-10(13)11(9)14/h3-5,8,18H,6-7H2,1-2H3,(H2,15,16).